The summed E-state index contributed by atoms with van der Waals surface area (Å²) in [5, 5.41) is 9.48. The Morgan fingerprint density at radius 2 is 1.14 bits per heavy atom. The second-order valence-electron chi connectivity index (χ2n) is 13.4. The molecule has 0 amide bonds. The summed E-state index contributed by atoms with van der Waals surface area (Å²) in [7, 11) is 0. The topological polar surface area (TPSA) is 76.1 Å². The molecule has 1 rings (SSSR count). The van der Waals surface area contributed by atoms with E-state index in [4.69, 9.17) is 9.47 Å². The van der Waals surface area contributed by atoms with Crippen LogP contribution in [0.15, 0.2) is 0 Å². The molecule has 0 heterocycles. The van der Waals surface area contributed by atoms with Gasteiger partial charge in [0.15, 0.2) is 0 Å². The lowest BCUT2D eigenvalue weighted by Crippen LogP contribution is -2.29. The summed E-state index contributed by atoms with van der Waals surface area (Å²) in [6, 6.07) is 0. The molecule has 0 bridgehead atoms. The van der Waals surface area contributed by atoms with E-state index in [9.17, 15) is 14.7 Å². The van der Waals surface area contributed by atoms with E-state index in [0.717, 1.165) is 109 Å². The maximum absolute atomic E-state index is 12.4. The Morgan fingerprint density at radius 3 is 1.72 bits per heavy atom. The third-order valence-corrected chi connectivity index (χ3v) is 9.20. The van der Waals surface area contributed by atoms with Crippen LogP contribution in [0.2, 0.25) is 0 Å². The summed E-state index contributed by atoms with van der Waals surface area (Å²) >= 11 is 0. The van der Waals surface area contributed by atoms with Gasteiger partial charge in [0, 0.05) is 19.4 Å². The zero-order valence-electron chi connectivity index (χ0n) is 28.8. The SMILES string of the molecule is CCCCCCC(CCCCC)OC(=O)CCCCCCCN(CCO)CCCCCCCC(=O)OC1CCC(C)CC1. The number of aliphatic hydroxyl groups excluding tert-OH is 1. The Labute approximate surface area is 266 Å². The van der Waals surface area contributed by atoms with Crippen molar-refractivity contribution in [2.75, 3.05) is 26.2 Å². The first kappa shape index (κ1) is 39.9. The van der Waals surface area contributed by atoms with Gasteiger partial charge in [-0.15, -0.1) is 0 Å². The molecule has 0 spiro atoms. The van der Waals surface area contributed by atoms with Crippen molar-refractivity contribution in [1.29, 1.82) is 0 Å². The van der Waals surface area contributed by atoms with Gasteiger partial charge >= 0.3 is 11.9 Å². The van der Waals surface area contributed by atoms with E-state index in [1.165, 1.54) is 64.2 Å². The number of carbonyl (C=O) groups excluding carboxylic acids is 2. The Kier molecular flexibility index (Phi) is 26.3. The second-order valence-corrected chi connectivity index (χ2v) is 13.4. The van der Waals surface area contributed by atoms with Crippen LogP contribution in [-0.4, -0.2) is 60.4 Å². The quantitative estimate of drug-likeness (QED) is 0.0672. The van der Waals surface area contributed by atoms with Gasteiger partial charge in [-0.3, -0.25) is 9.59 Å². The molecule has 0 aromatic carbocycles. The lowest BCUT2D eigenvalue weighted by atomic mass is 9.89. The molecule has 6 heteroatoms. The number of carbonyl (C=O) groups is 2. The van der Waals surface area contributed by atoms with Gasteiger partial charge in [0.1, 0.15) is 12.2 Å². The number of hydrogen-bond donors (Lipinski definition) is 1. The van der Waals surface area contributed by atoms with E-state index < -0.39 is 0 Å². The van der Waals surface area contributed by atoms with Crippen molar-refractivity contribution >= 4 is 11.9 Å². The first-order valence-corrected chi connectivity index (χ1v) is 18.7. The monoisotopic (exact) mass is 610 g/mol. The number of aliphatic hydroxyl groups is 1. The lowest BCUT2D eigenvalue weighted by molar-refractivity contribution is -0.151. The number of esters is 2. The number of nitrogens with zero attached hydrogens (tertiary/aromatic N) is 1. The van der Waals surface area contributed by atoms with Crippen LogP contribution in [-0.2, 0) is 19.1 Å². The summed E-state index contributed by atoms with van der Waals surface area (Å²) in [6.07, 6.45) is 27.3. The van der Waals surface area contributed by atoms with Gasteiger partial charge in [0.05, 0.1) is 6.61 Å². The fraction of sp³-hybridized carbons (Fsp3) is 0.946. The fourth-order valence-corrected chi connectivity index (χ4v) is 6.27. The van der Waals surface area contributed by atoms with Crippen molar-refractivity contribution in [3.63, 3.8) is 0 Å². The molecule has 0 aromatic heterocycles. The molecule has 1 atom stereocenters. The summed E-state index contributed by atoms with van der Waals surface area (Å²) in [5.74, 6) is 0.772. The number of hydrogen-bond acceptors (Lipinski definition) is 6. The van der Waals surface area contributed by atoms with E-state index in [-0.39, 0.29) is 30.8 Å². The number of unbranched alkanes of at least 4 members (excludes halogenated alkanes) is 13. The Bertz CT molecular complexity index is 649. The average molecular weight is 610 g/mol. The van der Waals surface area contributed by atoms with Crippen molar-refractivity contribution in [3.8, 4) is 0 Å². The van der Waals surface area contributed by atoms with Crippen LogP contribution in [0.3, 0.4) is 0 Å². The Morgan fingerprint density at radius 1 is 0.651 bits per heavy atom. The largest absolute Gasteiger partial charge is 0.462 e. The molecule has 254 valence electrons. The standard InChI is InChI=1S/C37H71NO5/c1-4-6-8-16-22-34(21-15-7-5-2)42-36(40)23-17-11-9-13-19-29-38(31-32-39)30-20-14-10-12-18-24-37(41)43-35-27-25-33(3)26-28-35/h33-35,39H,4-32H2,1-3H3. The van der Waals surface area contributed by atoms with Crippen LogP contribution >= 0.6 is 0 Å². The molecule has 1 aliphatic carbocycles. The molecular weight excluding hydrogens is 538 g/mol. The Hall–Kier alpha value is -1.14. The molecule has 1 aliphatic rings. The molecule has 43 heavy (non-hydrogen) atoms. The molecule has 0 aliphatic heterocycles. The molecule has 1 fully saturated rings. The molecule has 1 saturated carbocycles. The van der Waals surface area contributed by atoms with E-state index in [1.54, 1.807) is 0 Å². The minimum atomic E-state index is -0.00628. The van der Waals surface area contributed by atoms with E-state index in [1.807, 2.05) is 0 Å². The molecule has 1 unspecified atom stereocenters. The molecule has 6 nitrogen and oxygen atoms in total. The fourth-order valence-electron chi connectivity index (χ4n) is 6.27. The highest BCUT2D eigenvalue weighted by atomic mass is 16.5. The lowest BCUT2D eigenvalue weighted by Gasteiger charge is -2.26. The van der Waals surface area contributed by atoms with Gasteiger partial charge in [-0.25, -0.2) is 0 Å². The summed E-state index contributed by atoms with van der Waals surface area (Å²) < 4.78 is 11.5. The average Bonchev–Trinajstić information content (AvgIpc) is 2.99. The Balaban J connectivity index is 2.04. The summed E-state index contributed by atoms with van der Waals surface area (Å²) in [6.45, 7) is 9.76. The smallest absolute Gasteiger partial charge is 0.306 e. The molecule has 1 N–H and O–H groups in total. The molecule has 0 aromatic rings. The zero-order chi connectivity index (χ0) is 31.4. The summed E-state index contributed by atoms with van der Waals surface area (Å²) in [4.78, 5) is 26.9. The van der Waals surface area contributed by atoms with Gasteiger partial charge in [-0.2, -0.15) is 0 Å². The first-order valence-electron chi connectivity index (χ1n) is 18.7. The highest BCUT2D eigenvalue weighted by molar-refractivity contribution is 5.69. The predicted octanol–water partition coefficient (Wildman–Crippen LogP) is 9.55. The van der Waals surface area contributed by atoms with Gasteiger partial charge in [-0.1, -0.05) is 91.4 Å². The van der Waals surface area contributed by atoms with Crippen LogP contribution in [0.25, 0.3) is 0 Å². The van der Waals surface area contributed by atoms with Gasteiger partial charge < -0.3 is 19.5 Å². The van der Waals surface area contributed by atoms with E-state index >= 15 is 0 Å². The number of rotatable bonds is 29. The third-order valence-electron chi connectivity index (χ3n) is 9.20. The maximum Gasteiger partial charge on any atom is 0.306 e. The van der Waals surface area contributed by atoms with Crippen LogP contribution in [0.1, 0.15) is 181 Å². The third kappa shape index (κ3) is 23.9. The van der Waals surface area contributed by atoms with Crippen LogP contribution in [0.5, 0.6) is 0 Å². The minimum absolute atomic E-state index is 0.000168. The molecule has 0 radical (unpaired) electrons. The van der Waals surface area contributed by atoms with Crippen molar-refractivity contribution in [2.24, 2.45) is 5.92 Å². The second kappa shape index (κ2) is 28.3. The van der Waals surface area contributed by atoms with Gasteiger partial charge in [-0.05, 0) is 96.1 Å². The van der Waals surface area contributed by atoms with Crippen molar-refractivity contribution in [2.45, 2.75) is 193 Å². The maximum atomic E-state index is 12.4. The van der Waals surface area contributed by atoms with E-state index in [2.05, 4.69) is 25.7 Å². The van der Waals surface area contributed by atoms with Gasteiger partial charge in [0.25, 0.3) is 0 Å². The van der Waals surface area contributed by atoms with Gasteiger partial charge in [0.2, 0.25) is 0 Å². The highest BCUT2D eigenvalue weighted by Gasteiger charge is 2.21. The first-order chi connectivity index (χ1) is 21.0. The summed E-state index contributed by atoms with van der Waals surface area (Å²) in [5.41, 5.74) is 0. The van der Waals surface area contributed by atoms with E-state index in [0.29, 0.717) is 12.8 Å². The normalized spacial score (nSPS) is 17.7. The van der Waals surface area contributed by atoms with Crippen molar-refractivity contribution in [1.82, 2.24) is 4.90 Å². The zero-order valence-corrected chi connectivity index (χ0v) is 28.8. The van der Waals surface area contributed by atoms with Crippen LogP contribution < -0.4 is 0 Å². The predicted molar refractivity (Wildman–Crippen MR) is 179 cm³/mol. The van der Waals surface area contributed by atoms with Crippen LogP contribution in [0, 0.1) is 5.92 Å². The van der Waals surface area contributed by atoms with Crippen LogP contribution in [0.4, 0.5) is 0 Å². The minimum Gasteiger partial charge on any atom is -0.462 e. The molecule has 0 saturated heterocycles. The highest BCUT2D eigenvalue weighted by Crippen LogP contribution is 2.26. The van der Waals surface area contributed by atoms with Crippen molar-refractivity contribution < 1.29 is 24.2 Å². The van der Waals surface area contributed by atoms with Crippen molar-refractivity contribution in [3.05, 3.63) is 0 Å². The number of ether oxygens (including phenoxy) is 2. The molecular formula is C37H71NO5.